The third kappa shape index (κ3) is 3.85. The summed E-state index contributed by atoms with van der Waals surface area (Å²) < 4.78 is 16.0. The predicted octanol–water partition coefficient (Wildman–Crippen LogP) is 4.15. The third-order valence-corrected chi connectivity index (χ3v) is 5.15. The molecule has 0 fully saturated rings. The molecule has 2 aromatic carbocycles. The van der Waals surface area contributed by atoms with Gasteiger partial charge in [0, 0.05) is 5.56 Å². The zero-order valence-corrected chi connectivity index (χ0v) is 16.9. The number of rotatable bonds is 6. The number of ether oxygens (including phenoxy) is 1. The summed E-state index contributed by atoms with van der Waals surface area (Å²) in [5, 5.41) is 20.2. The van der Waals surface area contributed by atoms with Crippen molar-refractivity contribution >= 4 is 22.9 Å². The topological polar surface area (TPSA) is 127 Å². The van der Waals surface area contributed by atoms with Gasteiger partial charge in [0.15, 0.2) is 0 Å². The van der Waals surface area contributed by atoms with E-state index in [-0.39, 0.29) is 34.6 Å². The van der Waals surface area contributed by atoms with Gasteiger partial charge in [0.25, 0.3) is 0 Å². The number of aromatic carboxylic acids is 1. The summed E-state index contributed by atoms with van der Waals surface area (Å²) in [7, 11) is 1.22. The monoisotopic (exact) mass is 434 g/mol. The lowest BCUT2D eigenvalue weighted by atomic mass is 9.93. The second-order valence-electron chi connectivity index (χ2n) is 7.07. The Morgan fingerprint density at radius 2 is 1.72 bits per heavy atom. The van der Waals surface area contributed by atoms with E-state index in [4.69, 9.17) is 18.7 Å². The zero-order valence-electron chi connectivity index (χ0n) is 16.9. The molecule has 2 aromatic heterocycles. The summed E-state index contributed by atoms with van der Waals surface area (Å²) in [4.78, 5) is 35.9. The average molecular weight is 434 g/mol. The lowest BCUT2D eigenvalue weighted by molar-refractivity contribution is -0.140. The molecule has 162 valence electrons. The number of furan rings is 1. The van der Waals surface area contributed by atoms with E-state index in [1.807, 2.05) is 0 Å². The Bertz CT molecular complexity index is 1360. The molecule has 0 aliphatic rings. The Morgan fingerprint density at radius 1 is 1.00 bits per heavy atom. The first-order valence-corrected chi connectivity index (χ1v) is 9.64. The number of carbonyl (C=O) groups is 2. The summed E-state index contributed by atoms with van der Waals surface area (Å²) in [6.45, 7) is 0. The maximum Gasteiger partial charge on any atom is 0.343 e. The molecule has 0 radical (unpaired) electrons. The highest BCUT2D eigenvalue weighted by atomic mass is 16.5. The summed E-state index contributed by atoms with van der Waals surface area (Å²) in [6, 6.07) is 15.8. The Hall–Kier alpha value is -4.33. The van der Waals surface area contributed by atoms with E-state index in [2.05, 4.69) is 0 Å². The van der Waals surface area contributed by atoms with Crippen molar-refractivity contribution < 1.29 is 33.4 Å². The number of para-hydroxylation sites is 1. The SMILES string of the molecule is COC(=O)CC(c1ccc(-c2ccc(C(=O)O)cc2)o1)c1c(O)c2ccccc2oc1=O. The van der Waals surface area contributed by atoms with Gasteiger partial charge in [0.1, 0.15) is 22.9 Å². The van der Waals surface area contributed by atoms with Gasteiger partial charge in [-0.15, -0.1) is 0 Å². The molecule has 0 amide bonds. The van der Waals surface area contributed by atoms with Crippen LogP contribution in [0.2, 0.25) is 0 Å². The fourth-order valence-electron chi connectivity index (χ4n) is 3.52. The molecule has 0 bridgehead atoms. The number of esters is 1. The van der Waals surface area contributed by atoms with Crippen LogP contribution in [0.15, 0.2) is 74.3 Å². The first-order chi connectivity index (χ1) is 15.4. The lowest BCUT2D eigenvalue weighted by Gasteiger charge is -2.15. The fraction of sp³-hybridized carbons (Fsp3) is 0.125. The van der Waals surface area contributed by atoms with E-state index in [1.165, 1.54) is 19.2 Å². The van der Waals surface area contributed by atoms with Gasteiger partial charge in [0.2, 0.25) is 0 Å². The van der Waals surface area contributed by atoms with Crippen LogP contribution >= 0.6 is 0 Å². The smallest absolute Gasteiger partial charge is 0.343 e. The summed E-state index contributed by atoms with van der Waals surface area (Å²) in [5.41, 5.74) is 0.0416. The van der Waals surface area contributed by atoms with E-state index < -0.39 is 23.5 Å². The largest absolute Gasteiger partial charge is 0.507 e. The Labute approximate surface area is 181 Å². The second-order valence-corrected chi connectivity index (χ2v) is 7.07. The molecule has 8 nitrogen and oxygen atoms in total. The number of methoxy groups -OCH3 is 1. The minimum absolute atomic E-state index is 0.115. The van der Waals surface area contributed by atoms with Gasteiger partial charge in [-0.1, -0.05) is 24.3 Å². The van der Waals surface area contributed by atoms with Crippen LogP contribution in [0.5, 0.6) is 5.75 Å². The van der Waals surface area contributed by atoms with Crippen LogP contribution in [-0.4, -0.2) is 29.3 Å². The number of fused-ring (bicyclic) bond motifs is 1. The van der Waals surface area contributed by atoms with E-state index in [9.17, 15) is 19.5 Å². The molecule has 0 saturated carbocycles. The van der Waals surface area contributed by atoms with Crippen molar-refractivity contribution in [3.8, 4) is 17.1 Å². The number of hydrogen-bond acceptors (Lipinski definition) is 7. The van der Waals surface area contributed by atoms with Crippen LogP contribution in [0.25, 0.3) is 22.3 Å². The molecule has 4 aromatic rings. The van der Waals surface area contributed by atoms with Crippen molar-refractivity contribution in [2.45, 2.75) is 12.3 Å². The van der Waals surface area contributed by atoms with Gasteiger partial charge in [-0.3, -0.25) is 4.79 Å². The van der Waals surface area contributed by atoms with Gasteiger partial charge in [0.05, 0.1) is 36.0 Å². The average Bonchev–Trinajstić information content (AvgIpc) is 3.28. The molecule has 32 heavy (non-hydrogen) atoms. The molecular weight excluding hydrogens is 416 g/mol. The molecule has 1 atom stereocenters. The third-order valence-electron chi connectivity index (χ3n) is 5.15. The van der Waals surface area contributed by atoms with Gasteiger partial charge >= 0.3 is 17.6 Å². The van der Waals surface area contributed by atoms with Crippen LogP contribution in [0.4, 0.5) is 0 Å². The highest BCUT2D eigenvalue weighted by Crippen LogP contribution is 2.38. The quantitative estimate of drug-likeness (QED) is 0.342. The Balaban J connectivity index is 1.80. The van der Waals surface area contributed by atoms with Crippen molar-refractivity contribution in [3.63, 3.8) is 0 Å². The second kappa shape index (κ2) is 8.43. The number of carboxylic acids is 1. The van der Waals surface area contributed by atoms with Gasteiger partial charge in [-0.25, -0.2) is 9.59 Å². The van der Waals surface area contributed by atoms with Crippen molar-refractivity contribution in [1.82, 2.24) is 0 Å². The fourth-order valence-corrected chi connectivity index (χ4v) is 3.52. The van der Waals surface area contributed by atoms with Crippen LogP contribution < -0.4 is 5.63 Å². The Morgan fingerprint density at radius 3 is 2.41 bits per heavy atom. The maximum atomic E-state index is 12.7. The van der Waals surface area contributed by atoms with Crippen molar-refractivity contribution in [3.05, 3.63) is 88.0 Å². The summed E-state index contributed by atoms with van der Waals surface area (Å²) in [5.74, 6) is -2.27. The van der Waals surface area contributed by atoms with E-state index in [0.717, 1.165) is 0 Å². The normalized spacial score (nSPS) is 11.9. The summed E-state index contributed by atoms with van der Waals surface area (Å²) >= 11 is 0. The van der Waals surface area contributed by atoms with E-state index in [0.29, 0.717) is 16.7 Å². The highest BCUT2D eigenvalue weighted by Gasteiger charge is 2.30. The first kappa shape index (κ1) is 20.9. The Kier molecular flexibility index (Phi) is 5.51. The minimum atomic E-state index is -1.05. The van der Waals surface area contributed by atoms with Crippen LogP contribution in [0.3, 0.4) is 0 Å². The molecule has 4 rings (SSSR count). The molecule has 0 spiro atoms. The molecular formula is C24H18O8. The number of carboxylic acid groups (broad SMARTS) is 1. The molecule has 0 aliphatic carbocycles. The van der Waals surface area contributed by atoms with E-state index in [1.54, 1.807) is 48.5 Å². The molecule has 2 heterocycles. The van der Waals surface area contributed by atoms with Crippen LogP contribution in [0.1, 0.15) is 34.0 Å². The number of benzene rings is 2. The minimum Gasteiger partial charge on any atom is -0.507 e. The van der Waals surface area contributed by atoms with Gasteiger partial charge in [-0.05, 0) is 36.4 Å². The highest BCUT2D eigenvalue weighted by molar-refractivity contribution is 5.88. The van der Waals surface area contributed by atoms with Gasteiger partial charge < -0.3 is 23.8 Å². The molecule has 1 unspecified atom stereocenters. The van der Waals surface area contributed by atoms with Crippen LogP contribution in [-0.2, 0) is 9.53 Å². The molecule has 8 heteroatoms. The standard InChI is InChI=1S/C24H18O8/c1-30-20(25)12-16(21-22(26)15-4-2-3-5-18(15)32-24(21)29)19-11-10-17(31-19)13-6-8-14(9-7-13)23(27)28/h2-11,16,26H,12H2,1H3,(H,27,28). The molecule has 0 saturated heterocycles. The number of hydrogen-bond donors (Lipinski definition) is 2. The zero-order chi connectivity index (χ0) is 22.8. The van der Waals surface area contributed by atoms with Gasteiger partial charge in [-0.2, -0.15) is 0 Å². The van der Waals surface area contributed by atoms with E-state index >= 15 is 0 Å². The molecule has 0 aliphatic heterocycles. The summed E-state index contributed by atoms with van der Waals surface area (Å²) in [6.07, 6.45) is -0.266. The number of aromatic hydroxyl groups is 1. The lowest BCUT2D eigenvalue weighted by Crippen LogP contribution is -2.17. The predicted molar refractivity (Wildman–Crippen MR) is 114 cm³/mol. The maximum absolute atomic E-state index is 12.7. The van der Waals surface area contributed by atoms with Crippen molar-refractivity contribution in [1.29, 1.82) is 0 Å². The van der Waals surface area contributed by atoms with Crippen LogP contribution in [0, 0.1) is 0 Å². The number of carbonyl (C=O) groups excluding carboxylic acids is 1. The van der Waals surface area contributed by atoms with Crippen molar-refractivity contribution in [2.75, 3.05) is 7.11 Å². The first-order valence-electron chi connectivity index (χ1n) is 9.64. The van der Waals surface area contributed by atoms with Crippen molar-refractivity contribution in [2.24, 2.45) is 0 Å². The molecule has 2 N–H and O–H groups in total.